The van der Waals surface area contributed by atoms with Gasteiger partial charge in [-0.25, -0.2) is 0 Å². The lowest BCUT2D eigenvalue weighted by molar-refractivity contribution is -0.314. The van der Waals surface area contributed by atoms with Gasteiger partial charge in [-0.05, 0) is 47.0 Å². The highest BCUT2D eigenvalue weighted by Gasteiger charge is 2.31. The number of nitrogens with one attached hydrogen (secondary N) is 2. The van der Waals surface area contributed by atoms with Crippen molar-refractivity contribution in [1.82, 2.24) is 10.9 Å². The SMILES string of the molecule is O=C(COc1ccc(Br)cc1Br)NNC(=O)[C@@H]1CCCC[C@@H]1C(=O)[O-]. The minimum absolute atomic E-state index is 0.297. The van der Waals surface area contributed by atoms with Crippen molar-refractivity contribution in [1.29, 1.82) is 0 Å². The molecule has 0 bridgehead atoms. The number of carboxylic acid groups (broad SMARTS) is 1. The summed E-state index contributed by atoms with van der Waals surface area (Å²) in [5, 5.41) is 11.1. The Hall–Kier alpha value is -1.61. The number of aliphatic carboxylic acids is 1. The first-order valence-corrected chi connectivity index (χ1v) is 9.34. The molecule has 25 heavy (non-hydrogen) atoms. The van der Waals surface area contributed by atoms with Gasteiger partial charge in [0.05, 0.1) is 4.47 Å². The minimum atomic E-state index is -1.23. The number of amides is 2. The zero-order valence-corrected chi connectivity index (χ0v) is 16.4. The number of carbonyl (C=O) groups is 3. The molecule has 7 nitrogen and oxygen atoms in total. The van der Waals surface area contributed by atoms with Gasteiger partial charge in [0.1, 0.15) is 5.75 Å². The molecule has 0 saturated heterocycles. The Morgan fingerprint density at radius 2 is 1.80 bits per heavy atom. The first-order valence-electron chi connectivity index (χ1n) is 7.76. The van der Waals surface area contributed by atoms with Crippen molar-refractivity contribution >= 4 is 49.6 Å². The topological polar surface area (TPSA) is 108 Å². The summed E-state index contributed by atoms with van der Waals surface area (Å²) in [6.45, 7) is -0.297. The van der Waals surface area contributed by atoms with E-state index in [4.69, 9.17) is 4.74 Å². The Balaban J connectivity index is 1.80. The summed E-state index contributed by atoms with van der Waals surface area (Å²) in [4.78, 5) is 35.0. The molecule has 1 aromatic carbocycles. The Kier molecular flexibility index (Phi) is 7.24. The van der Waals surface area contributed by atoms with Crippen molar-refractivity contribution in [2.24, 2.45) is 11.8 Å². The van der Waals surface area contributed by atoms with E-state index in [1.54, 1.807) is 18.2 Å². The van der Waals surface area contributed by atoms with Crippen molar-refractivity contribution in [3.8, 4) is 5.75 Å². The second-order valence-corrected chi connectivity index (χ2v) is 7.49. The van der Waals surface area contributed by atoms with Crippen LogP contribution in [0, 0.1) is 11.8 Å². The number of ether oxygens (including phenoxy) is 1. The van der Waals surface area contributed by atoms with E-state index in [2.05, 4.69) is 42.7 Å². The molecule has 0 unspecified atom stereocenters. The molecule has 1 aliphatic rings. The second-order valence-electron chi connectivity index (χ2n) is 5.72. The van der Waals surface area contributed by atoms with Gasteiger partial charge >= 0.3 is 0 Å². The predicted octanol–water partition coefficient (Wildman–Crippen LogP) is 1.29. The van der Waals surface area contributed by atoms with E-state index >= 15 is 0 Å². The fourth-order valence-corrected chi connectivity index (χ4v) is 3.88. The molecular formula is C16H17Br2N2O5-. The predicted molar refractivity (Wildman–Crippen MR) is 94.1 cm³/mol. The number of hydrazine groups is 1. The molecule has 2 amide bonds. The summed E-state index contributed by atoms with van der Waals surface area (Å²) < 4.78 is 6.89. The van der Waals surface area contributed by atoms with Gasteiger partial charge in [0.2, 0.25) is 5.91 Å². The maximum atomic E-state index is 12.1. The second kappa shape index (κ2) is 9.19. The highest BCUT2D eigenvalue weighted by Crippen LogP contribution is 2.30. The fraction of sp³-hybridized carbons (Fsp3) is 0.438. The van der Waals surface area contributed by atoms with Crippen molar-refractivity contribution < 1.29 is 24.2 Å². The third kappa shape index (κ3) is 5.71. The minimum Gasteiger partial charge on any atom is -0.550 e. The number of carboxylic acids is 1. The number of halogens is 2. The normalized spacial score (nSPS) is 19.8. The van der Waals surface area contributed by atoms with Crippen molar-refractivity contribution in [2.45, 2.75) is 25.7 Å². The smallest absolute Gasteiger partial charge is 0.276 e. The number of rotatable bonds is 5. The van der Waals surface area contributed by atoms with Gasteiger partial charge in [0, 0.05) is 22.3 Å². The average Bonchev–Trinajstić information content (AvgIpc) is 2.58. The maximum Gasteiger partial charge on any atom is 0.276 e. The van der Waals surface area contributed by atoms with Crippen LogP contribution in [0.2, 0.25) is 0 Å². The first-order chi connectivity index (χ1) is 11.9. The van der Waals surface area contributed by atoms with Crippen LogP contribution in [-0.4, -0.2) is 24.4 Å². The van der Waals surface area contributed by atoms with Gasteiger partial charge in [-0.15, -0.1) is 0 Å². The summed E-state index contributed by atoms with van der Waals surface area (Å²) in [7, 11) is 0. The number of carbonyl (C=O) groups excluding carboxylic acids is 3. The van der Waals surface area contributed by atoms with Gasteiger partial charge < -0.3 is 14.6 Å². The van der Waals surface area contributed by atoms with Crippen molar-refractivity contribution in [2.75, 3.05) is 6.61 Å². The molecule has 2 rings (SSSR count). The average molecular weight is 477 g/mol. The fourth-order valence-electron chi connectivity index (χ4n) is 2.72. The highest BCUT2D eigenvalue weighted by atomic mass is 79.9. The molecule has 2 N–H and O–H groups in total. The molecule has 0 heterocycles. The van der Waals surface area contributed by atoms with E-state index in [-0.39, 0.29) is 6.61 Å². The van der Waals surface area contributed by atoms with E-state index in [1.165, 1.54) is 0 Å². The largest absolute Gasteiger partial charge is 0.550 e. The molecule has 9 heteroatoms. The van der Waals surface area contributed by atoms with Crippen LogP contribution in [0.3, 0.4) is 0 Å². The van der Waals surface area contributed by atoms with Crippen molar-refractivity contribution in [3.63, 3.8) is 0 Å². The lowest BCUT2D eigenvalue weighted by Gasteiger charge is -2.31. The monoisotopic (exact) mass is 475 g/mol. The Bertz CT molecular complexity index is 668. The van der Waals surface area contributed by atoms with Crippen LogP contribution in [-0.2, 0) is 14.4 Å². The third-order valence-corrected chi connectivity index (χ3v) is 5.10. The highest BCUT2D eigenvalue weighted by molar-refractivity contribution is 9.11. The molecule has 1 fully saturated rings. The van der Waals surface area contributed by atoms with Gasteiger partial charge in [0.25, 0.3) is 5.91 Å². The molecule has 1 aromatic rings. The number of hydrogen-bond acceptors (Lipinski definition) is 5. The van der Waals surface area contributed by atoms with Crippen LogP contribution in [0.4, 0.5) is 0 Å². The molecule has 0 spiro atoms. The molecule has 1 saturated carbocycles. The van der Waals surface area contributed by atoms with Crippen LogP contribution < -0.4 is 20.7 Å². The molecular weight excluding hydrogens is 460 g/mol. The standard InChI is InChI=1S/C16H18Br2N2O5/c17-9-5-6-13(12(18)7-9)25-8-14(21)19-20-15(22)10-3-1-2-4-11(10)16(23)24/h5-7,10-11H,1-4,8H2,(H,19,21)(H,20,22)(H,23,24)/p-1/t10-,11+/m1/s1. The van der Waals surface area contributed by atoms with Gasteiger partial charge in [0.15, 0.2) is 6.61 Å². The summed E-state index contributed by atoms with van der Waals surface area (Å²) in [5.41, 5.74) is 4.51. The Morgan fingerprint density at radius 1 is 1.12 bits per heavy atom. The number of hydrogen-bond donors (Lipinski definition) is 2. The van der Waals surface area contributed by atoms with Crippen LogP contribution in [0.1, 0.15) is 25.7 Å². The zero-order valence-electron chi connectivity index (χ0n) is 13.2. The Morgan fingerprint density at radius 3 is 2.44 bits per heavy atom. The maximum absolute atomic E-state index is 12.1. The lowest BCUT2D eigenvalue weighted by Crippen LogP contribution is -2.50. The number of benzene rings is 1. The van der Waals surface area contributed by atoms with Crippen LogP contribution in [0.5, 0.6) is 5.75 Å². The Labute approximate surface area is 161 Å². The molecule has 0 radical (unpaired) electrons. The summed E-state index contributed by atoms with van der Waals surface area (Å²) in [6, 6.07) is 5.23. The molecule has 0 aromatic heterocycles. The summed E-state index contributed by atoms with van der Waals surface area (Å²) >= 11 is 6.62. The van der Waals surface area contributed by atoms with Crippen LogP contribution in [0.25, 0.3) is 0 Å². The van der Waals surface area contributed by atoms with Gasteiger partial charge in [-0.3, -0.25) is 20.4 Å². The molecule has 2 atom stereocenters. The first kappa shape index (κ1) is 19.7. The molecule has 1 aliphatic carbocycles. The zero-order chi connectivity index (χ0) is 18.4. The van der Waals surface area contributed by atoms with E-state index in [0.29, 0.717) is 23.1 Å². The molecule has 0 aliphatic heterocycles. The summed E-state index contributed by atoms with van der Waals surface area (Å²) in [5.74, 6) is -3.33. The van der Waals surface area contributed by atoms with Gasteiger partial charge in [-0.1, -0.05) is 28.8 Å². The van der Waals surface area contributed by atoms with E-state index in [9.17, 15) is 19.5 Å². The third-order valence-electron chi connectivity index (χ3n) is 3.98. The summed E-state index contributed by atoms with van der Waals surface area (Å²) in [6.07, 6.45) is 2.40. The quantitative estimate of drug-likeness (QED) is 0.622. The van der Waals surface area contributed by atoms with Crippen LogP contribution in [0.15, 0.2) is 27.1 Å². The van der Waals surface area contributed by atoms with E-state index in [1.807, 2.05) is 0 Å². The van der Waals surface area contributed by atoms with Gasteiger partial charge in [-0.2, -0.15) is 0 Å². The van der Waals surface area contributed by atoms with E-state index in [0.717, 1.165) is 17.3 Å². The van der Waals surface area contributed by atoms with Crippen molar-refractivity contribution in [3.05, 3.63) is 27.1 Å². The molecule has 136 valence electrons. The van der Waals surface area contributed by atoms with E-state index < -0.39 is 29.6 Å². The van der Waals surface area contributed by atoms with Crippen LogP contribution >= 0.6 is 31.9 Å². The lowest BCUT2D eigenvalue weighted by atomic mass is 9.79.